The second-order valence-electron chi connectivity index (χ2n) is 7.15. The predicted molar refractivity (Wildman–Crippen MR) is 117 cm³/mol. The smallest absolute Gasteiger partial charge is 0.258 e. The first-order valence-corrected chi connectivity index (χ1v) is 10.9. The highest BCUT2D eigenvalue weighted by atomic mass is 32.2. The van der Waals surface area contributed by atoms with Crippen molar-refractivity contribution in [2.75, 3.05) is 31.3 Å². The molecule has 0 atom stereocenters. The number of ether oxygens (including phenoxy) is 1. The van der Waals surface area contributed by atoms with E-state index in [0.29, 0.717) is 35.6 Å². The van der Waals surface area contributed by atoms with Crippen LogP contribution < -0.4 is 15.4 Å². The summed E-state index contributed by atoms with van der Waals surface area (Å²) in [5.74, 6) is 2.22. The van der Waals surface area contributed by atoms with Gasteiger partial charge in [0.15, 0.2) is 10.8 Å². The molecule has 2 N–H and O–H groups in total. The lowest BCUT2D eigenvalue weighted by atomic mass is 10.2. The van der Waals surface area contributed by atoms with Gasteiger partial charge in [0.1, 0.15) is 11.4 Å². The number of hydrogen-bond acceptors (Lipinski definition) is 8. The first-order valence-electron chi connectivity index (χ1n) is 9.89. The molecule has 3 aromatic heterocycles. The van der Waals surface area contributed by atoms with Crippen LogP contribution in [0.2, 0.25) is 0 Å². The van der Waals surface area contributed by atoms with Crippen molar-refractivity contribution in [2.24, 2.45) is 13.0 Å². The summed E-state index contributed by atoms with van der Waals surface area (Å²) in [6, 6.07) is 0. The van der Waals surface area contributed by atoms with Crippen molar-refractivity contribution in [2.45, 2.75) is 32.5 Å². The SMILES string of the molecule is CCSc1nc(NCC(C)C)c2cnn(CCNC(=O)c3cn(C)nc3OC)c2n1. The molecule has 3 heterocycles. The van der Waals surface area contributed by atoms with Crippen LogP contribution in [0.1, 0.15) is 31.1 Å². The topological polar surface area (TPSA) is 112 Å². The molecule has 10 nitrogen and oxygen atoms in total. The fourth-order valence-electron chi connectivity index (χ4n) is 2.87. The van der Waals surface area contributed by atoms with Crippen molar-refractivity contribution in [3.63, 3.8) is 0 Å². The summed E-state index contributed by atoms with van der Waals surface area (Å²) >= 11 is 1.59. The molecule has 0 saturated carbocycles. The maximum absolute atomic E-state index is 12.5. The second kappa shape index (κ2) is 9.79. The van der Waals surface area contributed by atoms with Gasteiger partial charge in [-0.15, -0.1) is 5.10 Å². The van der Waals surface area contributed by atoms with E-state index in [9.17, 15) is 4.79 Å². The van der Waals surface area contributed by atoms with E-state index in [2.05, 4.69) is 51.6 Å². The lowest BCUT2D eigenvalue weighted by molar-refractivity contribution is 0.0949. The quantitative estimate of drug-likeness (QED) is 0.370. The van der Waals surface area contributed by atoms with Gasteiger partial charge >= 0.3 is 0 Å². The van der Waals surface area contributed by atoms with Crippen molar-refractivity contribution in [1.82, 2.24) is 34.8 Å². The van der Waals surface area contributed by atoms with Gasteiger partial charge in [0.25, 0.3) is 5.91 Å². The monoisotopic (exact) mass is 432 g/mol. The Morgan fingerprint density at radius 3 is 2.83 bits per heavy atom. The minimum absolute atomic E-state index is 0.243. The Hall–Kier alpha value is -2.82. The zero-order valence-electron chi connectivity index (χ0n) is 18.0. The number of nitrogens with zero attached hydrogens (tertiary/aromatic N) is 6. The standard InChI is InChI=1S/C19H28N8O2S/c1-6-30-19-23-15(21-9-12(2)3)13-10-22-27(16(13)24-19)8-7-20-17(28)14-11-26(4)25-18(14)29-5/h10-12H,6-9H2,1-5H3,(H,20,28)(H,21,23,24). The first kappa shape index (κ1) is 21.9. The van der Waals surface area contributed by atoms with Crippen molar-refractivity contribution in [3.05, 3.63) is 18.0 Å². The van der Waals surface area contributed by atoms with Crippen molar-refractivity contribution >= 4 is 34.5 Å². The van der Waals surface area contributed by atoms with Gasteiger partial charge in [-0.2, -0.15) is 5.10 Å². The van der Waals surface area contributed by atoms with Gasteiger partial charge in [-0.1, -0.05) is 32.5 Å². The van der Waals surface area contributed by atoms with Crippen LogP contribution in [-0.4, -0.2) is 61.4 Å². The number of methoxy groups -OCH3 is 1. The molecule has 0 aromatic carbocycles. The summed E-state index contributed by atoms with van der Waals surface area (Å²) in [5.41, 5.74) is 1.15. The average molecular weight is 433 g/mol. The molecule has 0 aliphatic rings. The van der Waals surface area contributed by atoms with Crippen LogP contribution in [0, 0.1) is 5.92 Å². The number of aromatic nitrogens is 6. The van der Waals surface area contributed by atoms with E-state index < -0.39 is 0 Å². The number of aryl methyl sites for hydroxylation is 1. The Morgan fingerprint density at radius 1 is 1.33 bits per heavy atom. The lowest BCUT2D eigenvalue weighted by Gasteiger charge is -2.11. The third-order valence-electron chi connectivity index (χ3n) is 4.27. The highest BCUT2D eigenvalue weighted by Gasteiger charge is 2.17. The number of fused-ring (bicyclic) bond motifs is 1. The number of amides is 1. The largest absolute Gasteiger partial charge is 0.479 e. The summed E-state index contributed by atoms with van der Waals surface area (Å²) < 4.78 is 8.49. The van der Waals surface area contributed by atoms with Crippen molar-refractivity contribution < 1.29 is 9.53 Å². The average Bonchev–Trinajstić information content (AvgIpc) is 3.29. The van der Waals surface area contributed by atoms with Crippen LogP contribution in [0.15, 0.2) is 17.6 Å². The van der Waals surface area contributed by atoms with E-state index in [0.717, 1.165) is 29.1 Å². The van der Waals surface area contributed by atoms with E-state index >= 15 is 0 Å². The Labute approximate surface area is 179 Å². The Kier molecular flexibility index (Phi) is 7.14. The molecule has 30 heavy (non-hydrogen) atoms. The zero-order chi connectivity index (χ0) is 21.7. The van der Waals surface area contributed by atoms with E-state index in [-0.39, 0.29) is 5.91 Å². The summed E-state index contributed by atoms with van der Waals surface area (Å²) in [4.78, 5) is 21.8. The molecule has 0 bridgehead atoms. The molecule has 162 valence electrons. The predicted octanol–water partition coefficient (Wildman–Crippen LogP) is 2.18. The summed E-state index contributed by atoms with van der Waals surface area (Å²) in [5, 5.41) is 16.4. The van der Waals surface area contributed by atoms with Gasteiger partial charge in [0.05, 0.1) is 25.2 Å². The maximum Gasteiger partial charge on any atom is 0.258 e. The molecule has 3 aromatic rings. The minimum atomic E-state index is -0.243. The molecule has 0 saturated heterocycles. The number of nitrogens with one attached hydrogen (secondary N) is 2. The van der Waals surface area contributed by atoms with Gasteiger partial charge in [-0.05, 0) is 11.7 Å². The molecule has 0 fully saturated rings. The number of thioether (sulfide) groups is 1. The molecule has 1 amide bonds. The van der Waals surface area contributed by atoms with Crippen molar-refractivity contribution in [3.8, 4) is 5.88 Å². The molecule has 11 heteroatoms. The Balaban J connectivity index is 1.74. The highest BCUT2D eigenvalue weighted by Crippen LogP contribution is 2.24. The first-order chi connectivity index (χ1) is 14.4. The van der Waals surface area contributed by atoms with Crippen LogP contribution in [0.5, 0.6) is 5.88 Å². The number of hydrogen-bond donors (Lipinski definition) is 2. The molecular weight excluding hydrogens is 404 g/mol. The zero-order valence-corrected chi connectivity index (χ0v) is 18.8. The third-order valence-corrected chi connectivity index (χ3v) is 5.00. The maximum atomic E-state index is 12.5. The van der Waals surface area contributed by atoms with Gasteiger partial charge in [0, 0.05) is 26.3 Å². The van der Waals surface area contributed by atoms with Gasteiger partial charge < -0.3 is 15.4 Å². The molecule has 0 radical (unpaired) electrons. The van der Waals surface area contributed by atoms with Crippen molar-refractivity contribution in [1.29, 1.82) is 0 Å². The van der Waals surface area contributed by atoms with Gasteiger partial charge in [0.2, 0.25) is 5.88 Å². The van der Waals surface area contributed by atoms with E-state index in [1.807, 2.05) is 0 Å². The van der Waals surface area contributed by atoms with E-state index in [4.69, 9.17) is 4.74 Å². The number of carbonyl (C=O) groups excluding carboxylic acids is 1. The minimum Gasteiger partial charge on any atom is -0.479 e. The molecule has 0 aliphatic heterocycles. The van der Waals surface area contributed by atoms with Crippen LogP contribution in [0.3, 0.4) is 0 Å². The Bertz CT molecular complexity index is 1010. The normalized spacial score (nSPS) is 11.3. The fraction of sp³-hybridized carbons (Fsp3) is 0.526. The Morgan fingerprint density at radius 2 is 2.13 bits per heavy atom. The number of rotatable bonds is 10. The highest BCUT2D eigenvalue weighted by molar-refractivity contribution is 7.99. The second-order valence-corrected chi connectivity index (χ2v) is 8.38. The molecule has 0 spiro atoms. The molecule has 0 unspecified atom stereocenters. The third kappa shape index (κ3) is 5.02. The molecule has 3 rings (SSSR count). The summed E-state index contributed by atoms with van der Waals surface area (Å²) in [6.45, 7) is 8.06. The summed E-state index contributed by atoms with van der Waals surface area (Å²) in [7, 11) is 3.23. The van der Waals surface area contributed by atoms with E-state index in [1.54, 1.807) is 40.6 Å². The molecular formula is C19H28N8O2S. The lowest BCUT2D eigenvalue weighted by Crippen LogP contribution is -2.27. The van der Waals surface area contributed by atoms with Crippen LogP contribution in [-0.2, 0) is 13.6 Å². The van der Waals surface area contributed by atoms with Gasteiger partial charge in [-0.25, -0.2) is 14.6 Å². The number of carbonyl (C=O) groups is 1. The number of anilines is 1. The van der Waals surface area contributed by atoms with Gasteiger partial charge in [-0.3, -0.25) is 9.48 Å². The van der Waals surface area contributed by atoms with Crippen LogP contribution in [0.25, 0.3) is 11.0 Å². The fourth-order valence-corrected chi connectivity index (χ4v) is 3.44. The van der Waals surface area contributed by atoms with E-state index in [1.165, 1.54) is 7.11 Å². The summed E-state index contributed by atoms with van der Waals surface area (Å²) in [6.07, 6.45) is 3.40. The molecule has 0 aliphatic carbocycles. The van der Waals surface area contributed by atoms with Crippen LogP contribution >= 0.6 is 11.8 Å². The van der Waals surface area contributed by atoms with Crippen LogP contribution in [0.4, 0.5) is 5.82 Å².